The molecule has 0 aliphatic carbocycles. The van der Waals surface area contributed by atoms with Gasteiger partial charge in [0, 0.05) is 0 Å². The third kappa shape index (κ3) is 13.3. The number of piperidine rings is 4. The van der Waals surface area contributed by atoms with Gasteiger partial charge in [-0.3, -0.25) is 0 Å². The summed E-state index contributed by atoms with van der Waals surface area (Å²) in [5.41, 5.74) is 1.69. The Kier molecular flexibility index (Phi) is 17.0. The van der Waals surface area contributed by atoms with E-state index in [4.69, 9.17) is 24.9 Å². The van der Waals surface area contributed by atoms with E-state index in [0.717, 1.165) is 67.2 Å². The molecule has 8 atom stereocenters. The zero-order chi connectivity index (χ0) is 31.9. The van der Waals surface area contributed by atoms with Crippen LogP contribution in [0.25, 0.3) is 21.3 Å². The molecule has 0 aromatic rings. The van der Waals surface area contributed by atoms with Gasteiger partial charge in [0.05, 0.1) is 0 Å². The number of hydrogen-bond donors (Lipinski definition) is 0. The van der Waals surface area contributed by atoms with Crippen molar-refractivity contribution in [3.05, 3.63) is 21.3 Å². The van der Waals surface area contributed by atoms with E-state index in [1.54, 1.807) is 0 Å². The van der Waals surface area contributed by atoms with Gasteiger partial charge in [0.25, 0.3) is 0 Å². The second kappa shape index (κ2) is 17.6. The van der Waals surface area contributed by atoms with Crippen molar-refractivity contribution in [2.45, 2.75) is 159 Å². The SMILES string of the molecule is CC(C)(C)C1CC[N-]C(C2CC(C(C)(C)C)CC[N-]2)C1.CC(C)(C)C1CC[N-]C(C2CC(C(C)(C)C)CC[N-]2)C1.Cl.[O]=[V]. The van der Waals surface area contributed by atoms with E-state index in [0.29, 0.717) is 45.8 Å². The third-order valence-electron chi connectivity index (χ3n) is 11.3. The zero-order valence-electron chi connectivity index (χ0n) is 30.2. The molecule has 0 spiro atoms. The predicted molar refractivity (Wildman–Crippen MR) is 185 cm³/mol. The van der Waals surface area contributed by atoms with E-state index >= 15 is 0 Å². The molecule has 0 N–H and O–H groups in total. The molecule has 4 fully saturated rings. The Hall–Kier alpha value is 0.514. The molecule has 4 aliphatic heterocycles. The molecule has 7 heteroatoms. The van der Waals surface area contributed by atoms with Crippen molar-refractivity contribution in [1.29, 1.82) is 0 Å². The first-order valence-corrected chi connectivity index (χ1v) is 17.8. The molecule has 4 heterocycles. The molecule has 8 unspecified atom stereocenters. The van der Waals surface area contributed by atoms with Gasteiger partial charge in [-0.15, -0.1) is 38.6 Å². The fourth-order valence-corrected chi connectivity index (χ4v) is 7.78. The second-order valence-corrected chi connectivity index (χ2v) is 18.2. The molecule has 0 aromatic carbocycles. The zero-order valence-corrected chi connectivity index (χ0v) is 32.4. The molecule has 4 saturated heterocycles. The Bertz CT molecular complexity index is 656. The van der Waals surface area contributed by atoms with Crippen LogP contribution in [0.2, 0.25) is 0 Å². The summed E-state index contributed by atoms with van der Waals surface area (Å²) in [4.78, 5) is 0. The van der Waals surface area contributed by atoms with Gasteiger partial charge in [-0.05, 0) is 45.3 Å². The standard InChI is InChI=1S/2C18H34N2.ClH.O.V/c2*1-17(2,3)13-7-9-19-15(11-13)16-12-14(8-10-20-16)18(4,5)6;;;/h2*13-16H,7-12H2,1-6H3;1H;;/q2*-2;;;. The maximum absolute atomic E-state index is 8.19. The van der Waals surface area contributed by atoms with Crippen LogP contribution in [-0.2, 0) is 21.0 Å². The van der Waals surface area contributed by atoms with Crippen LogP contribution < -0.4 is 0 Å². The average Bonchev–Trinajstić information content (AvgIpc) is 2.93. The van der Waals surface area contributed by atoms with Gasteiger partial charge in [0.15, 0.2) is 0 Å². The van der Waals surface area contributed by atoms with Crippen LogP contribution in [-0.4, -0.2) is 50.3 Å². The van der Waals surface area contributed by atoms with E-state index in [-0.39, 0.29) is 12.4 Å². The second-order valence-electron chi connectivity index (χ2n) is 18.2. The van der Waals surface area contributed by atoms with Crippen LogP contribution in [0.3, 0.4) is 0 Å². The van der Waals surface area contributed by atoms with E-state index in [1.165, 1.54) is 51.4 Å². The number of rotatable bonds is 2. The van der Waals surface area contributed by atoms with Gasteiger partial charge in [-0.2, -0.15) is 24.2 Å². The number of halogens is 1. The normalized spacial score (nSPS) is 34.4. The van der Waals surface area contributed by atoms with Gasteiger partial charge < -0.3 is 21.3 Å². The van der Waals surface area contributed by atoms with Crippen LogP contribution >= 0.6 is 12.4 Å². The van der Waals surface area contributed by atoms with Crippen molar-refractivity contribution >= 4 is 12.4 Å². The molecule has 0 amide bonds. The van der Waals surface area contributed by atoms with Crippen LogP contribution in [0.1, 0.15) is 134 Å². The Labute approximate surface area is 283 Å². The van der Waals surface area contributed by atoms with Gasteiger partial charge >= 0.3 is 21.0 Å². The minimum atomic E-state index is 0. The number of nitrogens with zero attached hydrogens (tertiary/aromatic N) is 4. The topological polar surface area (TPSA) is 73.5 Å². The fourth-order valence-electron chi connectivity index (χ4n) is 7.78. The van der Waals surface area contributed by atoms with E-state index < -0.39 is 0 Å². The maximum atomic E-state index is 8.19. The Morgan fingerprint density at radius 3 is 0.698 bits per heavy atom. The van der Waals surface area contributed by atoms with Crippen molar-refractivity contribution in [2.24, 2.45) is 45.3 Å². The van der Waals surface area contributed by atoms with Gasteiger partial charge in [-0.1, -0.05) is 134 Å². The molecule has 0 aromatic heterocycles. The Morgan fingerprint density at radius 2 is 0.558 bits per heavy atom. The monoisotopic (exact) mass is 659 g/mol. The van der Waals surface area contributed by atoms with Crippen LogP contribution in [0.15, 0.2) is 0 Å². The van der Waals surface area contributed by atoms with Gasteiger partial charge in [0.1, 0.15) is 0 Å². The summed E-state index contributed by atoms with van der Waals surface area (Å²) in [6.07, 6.45) is 10.1. The third-order valence-corrected chi connectivity index (χ3v) is 11.3. The van der Waals surface area contributed by atoms with Crippen molar-refractivity contribution in [1.82, 2.24) is 0 Å². The summed E-state index contributed by atoms with van der Waals surface area (Å²) in [6.45, 7) is 32.8. The first-order valence-electron chi connectivity index (χ1n) is 17.2. The fraction of sp³-hybridized carbons (Fsp3) is 1.00. The molecule has 0 saturated carbocycles. The van der Waals surface area contributed by atoms with Crippen LogP contribution in [0.5, 0.6) is 0 Å². The molecule has 43 heavy (non-hydrogen) atoms. The summed E-state index contributed by atoms with van der Waals surface area (Å²) in [6, 6.07) is 1.99. The summed E-state index contributed by atoms with van der Waals surface area (Å²) in [5, 5.41) is 19.8. The minimum absolute atomic E-state index is 0. The molecule has 0 bridgehead atoms. The summed E-state index contributed by atoms with van der Waals surface area (Å²) in [5.74, 6) is 3.26. The Morgan fingerprint density at radius 1 is 0.395 bits per heavy atom. The van der Waals surface area contributed by atoms with E-state index in [9.17, 15) is 0 Å². The van der Waals surface area contributed by atoms with Crippen molar-refractivity contribution < 1.29 is 21.0 Å². The number of hydrogen-bond acceptors (Lipinski definition) is 1. The predicted octanol–water partition coefficient (Wildman–Crippen LogP) is 11.1. The van der Waals surface area contributed by atoms with Crippen molar-refractivity contribution in [3.8, 4) is 0 Å². The summed E-state index contributed by atoms with van der Waals surface area (Å²) < 4.78 is 8.19. The van der Waals surface area contributed by atoms with Crippen molar-refractivity contribution in [3.63, 3.8) is 0 Å². The van der Waals surface area contributed by atoms with Crippen LogP contribution in [0.4, 0.5) is 0 Å². The molecule has 4 rings (SSSR count). The molecular formula is C36H69ClN4OV-4. The Balaban J connectivity index is 0.000000398. The first-order chi connectivity index (χ1) is 19.4. The van der Waals surface area contributed by atoms with E-state index in [2.05, 4.69) is 83.1 Å². The van der Waals surface area contributed by atoms with Gasteiger partial charge in [0.2, 0.25) is 0 Å². The molecule has 255 valence electrons. The van der Waals surface area contributed by atoms with Crippen LogP contribution in [0, 0.1) is 45.3 Å². The quantitative estimate of drug-likeness (QED) is 0.291. The van der Waals surface area contributed by atoms with E-state index in [1.807, 2.05) is 0 Å². The summed E-state index contributed by atoms with van der Waals surface area (Å²) in [7, 11) is 0. The molecular weight excluding hydrogens is 591 g/mol. The molecule has 0 radical (unpaired) electrons. The summed E-state index contributed by atoms with van der Waals surface area (Å²) >= 11 is 1.06. The average molecular weight is 660 g/mol. The molecule has 4 aliphatic rings. The molecule has 5 nitrogen and oxygen atoms in total. The van der Waals surface area contributed by atoms with Crippen molar-refractivity contribution in [2.75, 3.05) is 26.2 Å². The van der Waals surface area contributed by atoms with Gasteiger partial charge in [-0.25, -0.2) is 0 Å². The first kappa shape index (κ1) is 41.5.